The third kappa shape index (κ3) is 8.06. The Hall–Kier alpha value is -4.40. The molecule has 0 spiro atoms. The molecule has 4 rings (SSSR count). The lowest BCUT2D eigenvalue weighted by Crippen LogP contribution is -2.36. The quantitative estimate of drug-likeness (QED) is 0.380. The molecular formula is C32H37FN4O4. The molecule has 0 unspecified atom stereocenters. The lowest BCUT2D eigenvalue weighted by Gasteiger charge is -2.26. The molecule has 0 aromatic heterocycles. The molecule has 3 aromatic rings. The summed E-state index contributed by atoms with van der Waals surface area (Å²) in [6.07, 6.45) is 1.29. The summed E-state index contributed by atoms with van der Waals surface area (Å²) >= 11 is 0. The number of nitrogens with zero attached hydrogens (tertiary/aromatic N) is 2. The van der Waals surface area contributed by atoms with Gasteiger partial charge in [0, 0.05) is 56.1 Å². The molecule has 1 fully saturated rings. The van der Waals surface area contributed by atoms with Crippen LogP contribution in [0.3, 0.4) is 0 Å². The Kier molecular flexibility index (Phi) is 9.95. The van der Waals surface area contributed by atoms with Crippen LogP contribution in [0, 0.1) is 11.7 Å². The standard InChI is InChI=1S/C32H37FN4O4/c1-22(2)19-30(38)37-16-4-15-36(17-18-37)29-14-11-26(35-31(39)24-7-12-27(41-3)13-8-24)20-28(29)32(40)34-21-23-5-9-25(33)10-6-23/h5-14,20,22H,4,15-19,21H2,1-3H3,(H,34,40)(H,35,39). The Morgan fingerprint density at radius 2 is 1.63 bits per heavy atom. The van der Waals surface area contributed by atoms with E-state index in [1.807, 2.05) is 24.8 Å². The van der Waals surface area contributed by atoms with Crippen LogP contribution in [-0.4, -0.2) is 55.9 Å². The summed E-state index contributed by atoms with van der Waals surface area (Å²) in [4.78, 5) is 43.1. The van der Waals surface area contributed by atoms with Gasteiger partial charge in [0.15, 0.2) is 0 Å². The first-order valence-electron chi connectivity index (χ1n) is 13.9. The number of anilines is 2. The SMILES string of the molecule is COc1ccc(C(=O)Nc2ccc(N3CCCN(C(=O)CC(C)C)CC3)c(C(=O)NCc3ccc(F)cc3)c2)cc1. The molecule has 1 heterocycles. The summed E-state index contributed by atoms with van der Waals surface area (Å²) in [5.74, 6) is 0.112. The van der Waals surface area contributed by atoms with Crippen LogP contribution in [0.15, 0.2) is 66.7 Å². The van der Waals surface area contributed by atoms with Crippen molar-refractivity contribution in [1.29, 1.82) is 0 Å². The van der Waals surface area contributed by atoms with Gasteiger partial charge in [-0.25, -0.2) is 4.39 Å². The molecule has 0 aliphatic carbocycles. The second-order valence-electron chi connectivity index (χ2n) is 10.5. The van der Waals surface area contributed by atoms with Crippen LogP contribution in [-0.2, 0) is 11.3 Å². The van der Waals surface area contributed by atoms with Crippen molar-refractivity contribution >= 4 is 29.1 Å². The molecule has 0 bridgehead atoms. The van der Waals surface area contributed by atoms with Crippen molar-refractivity contribution in [3.63, 3.8) is 0 Å². The Balaban J connectivity index is 1.55. The predicted molar refractivity (Wildman–Crippen MR) is 158 cm³/mol. The van der Waals surface area contributed by atoms with E-state index in [9.17, 15) is 18.8 Å². The largest absolute Gasteiger partial charge is 0.497 e. The van der Waals surface area contributed by atoms with Crippen molar-refractivity contribution in [2.75, 3.05) is 43.5 Å². The monoisotopic (exact) mass is 560 g/mol. The van der Waals surface area contributed by atoms with Gasteiger partial charge in [-0.05, 0) is 72.5 Å². The number of halogens is 1. The maximum atomic E-state index is 13.5. The van der Waals surface area contributed by atoms with Gasteiger partial charge in [0.2, 0.25) is 5.91 Å². The van der Waals surface area contributed by atoms with Gasteiger partial charge in [-0.1, -0.05) is 26.0 Å². The minimum atomic E-state index is -0.343. The van der Waals surface area contributed by atoms with E-state index in [-0.39, 0.29) is 30.1 Å². The topological polar surface area (TPSA) is 91.0 Å². The van der Waals surface area contributed by atoms with Gasteiger partial charge >= 0.3 is 0 Å². The molecule has 41 heavy (non-hydrogen) atoms. The summed E-state index contributed by atoms with van der Waals surface area (Å²) in [6, 6.07) is 18.0. The van der Waals surface area contributed by atoms with Gasteiger partial charge in [-0.15, -0.1) is 0 Å². The van der Waals surface area contributed by atoms with E-state index in [0.29, 0.717) is 61.1 Å². The lowest BCUT2D eigenvalue weighted by atomic mass is 10.1. The van der Waals surface area contributed by atoms with Crippen molar-refractivity contribution < 1.29 is 23.5 Å². The third-order valence-corrected chi connectivity index (χ3v) is 6.99. The second kappa shape index (κ2) is 13.8. The number of carbonyl (C=O) groups is 3. The average molecular weight is 561 g/mol. The fourth-order valence-corrected chi connectivity index (χ4v) is 4.78. The minimum Gasteiger partial charge on any atom is -0.497 e. The van der Waals surface area contributed by atoms with Crippen LogP contribution < -0.4 is 20.3 Å². The van der Waals surface area contributed by atoms with E-state index in [2.05, 4.69) is 15.5 Å². The number of carbonyl (C=O) groups excluding carboxylic acids is 3. The highest BCUT2D eigenvalue weighted by Gasteiger charge is 2.23. The number of methoxy groups -OCH3 is 1. The molecule has 1 saturated heterocycles. The van der Waals surface area contributed by atoms with Crippen LogP contribution in [0.25, 0.3) is 0 Å². The predicted octanol–water partition coefficient (Wildman–Crippen LogP) is 5.10. The van der Waals surface area contributed by atoms with Crippen molar-refractivity contribution in [2.45, 2.75) is 33.2 Å². The highest BCUT2D eigenvalue weighted by molar-refractivity contribution is 6.06. The first kappa shape index (κ1) is 29.6. The van der Waals surface area contributed by atoms with Crippen molar-refractivity contribution in [3.8, 4) is 5.75 Å². The van der Waals surface area contributed by atoms with E-state index in [1.165, 1.54) is 12.1 Å². The van der Waals surface area contributed by atoms with Gasteiger partial charge in [0.25, 0.3) is 11.8 Å². The Morgan fingerprint density at radius 1 is 0.902 bits per heavy atom. The number of benzene rings is 3. The van der Waals surface area contributed by atoms with E-state index < -0.39 is 0 Å². The zero-order chi connectivity index (χ0) is 29.4. The number of hydrogen-bond donors (Lipinski definition) is 2. The fraction of sp³-hybridized carbons (Fsp3) is 0.344. The van der Waals surface area contributed by atoms with Crippen LogP contribution in [0.5, 0.6) is 5.75 Å². The van der Waals surface area contributed by atoms with Gasteiger partial charge in [-0.2, -0.15) is 0 Å². The first-order chi connectivity index (χ1) is 19.7. The molecule has 0 radical (unpaired) electrons. The Morgan fingerprint density at radius 3 is 2.32 bits per heavy atom. The molecule has 1 aliphatic heterocycles. The van der Waals surface area contributed by atoms with E-state index in [1.54, 1.807) is 55.6 Å². The number of amides is 3. The highest BCUT2D eigenvalue weighted by Crippen LogP contribution is 2.27. The molecule has 3 amide bonds. The molecule has 0 atom stereocenters. The average Bonchev–Trinajstić information content (AvgIpc) is 3.23. The summed E-state index contributed by atoms with van der Waals surface area (Å²) in [5, 5.41) is 5.80. The van der Waals surface area contributed by atoms with Crippen LogP contribution in [0.1, 0.15) is 53.0 Å². The maximum absolute atomic E-state index is 13.5. The second-order valence-corrected chi connectivity index (χ2v) is 10.5. The molecule has 0 saturated carbocycles. The summed E-state index contributed by atoms with van der Waals surface area (Å²) < 4.78 is 18.5. The van der Waals surface area contributed by atoms with Gasteiger partial charge in [0.1, 0.15) is 11.6 Å². The molecule has 2 N–H and O–H groups in total. The highest BCUT2D eigenvalue weighted by atomic mass is 19.1. The van der Waals surface area contributed by atoms with E-state index in [0.717, 1.165) is 17.7 Å². The van der Waals surface area contributed by atoms with Gasteiger partial charge in [-0.3, -0.25) is 14.4 Å². The number of nitrogens with one attached hydrogen (secondary N) is 2. The Bertz CT molecular complexity index is 1360. The van der Waals surface area contributed by atoms with Crippen LogP contribution in [0.2, 0.25) is 0 Å². The van der Waals surface area contributed by atoms with Crippen molar-refractivity contribution in [3.05, 3.63) is 89.2 Å². The molecule has 3 aromatic carbocycles. The first-order valence-corrected chi connectivity index (χ1v) is 13.9. The van der Waals surface area contributed by atoms with E-state index in [4.69, 9.17) is 4.74 Å². The summed E-state index contributed by atoms with van der Waals surface area (Å²) in [5.41, 5.74) is 2.82. The minimum absolute atomic E-state index is 0.149. The van der Waals surface area contributed by atoms with Crippen LogP contribution in [0.4, 0.5) is 15.8 Å². The van der Waals surface area contributed by atoms with E-state index >= 15 is 0 Å². The summed E-state index contributed by atoms with van der Waals surface area (Å²) in [6.45, 7) is 6.79. The van der Waals surface area contributed by atoms with Gasteiger partial charge in [0.05, 0.1) is 12.7 Å². The number of hydrogen-bond acceptors (Lipinski definition) is 5. The fourth-order valence-electron chi connectivity index (χ4n) is 4.78. The summed E-state index contributed by atoms with van der Waals surface area (Å²) in [7, 11) is 1.56. The van der Waals surface area contributed by atoms with Gasteiger partial charge < -0.3 is 25.2 Å². The molecule has 8 nitrogen and oxygen atoms in total. The zero-order valence-electron chi connectivity index (χ0n) is 23.8. The third-order valence-electron chi connectivity index (χ3n) is 6.99. The van der Waals surface area contributed by atoms with Crippen molar-refractivity contribution in [2.24, 2.45) is 5.92 Å². The zero-order valence-corrected chi connectivity index (χ0v) is 23.8. The molecule has 1 aliphatic rings. The number of rotatable bonds is 9. The Labute approximate surface area is 240 Å². The molecule has 216 valence electrons. The lowest BCUT2D eigenvalue weighted by molar-refractivity contribution is -0.131. The maximum Gasteiger partial charge on any atom is 0.255 e. The molecule has 9 heteroatoms. The number of ether oxygens (including phenoxy) is 1. The smallest absolute Gasteiger partial charge is 0.255 e. The normalized spacial score (nSPS) is 13.5. The van der Waals surface area contributed by atoms with Crippen molar-refractivity contribution in [1.82, 2.24) is 10.2 Å². The van der Waals surface area contributed by atoms with Crippen LogP contribution >= 0.6 is 0 Å². The molecular weight excluding hydrogens is 523 g/mol.